The van der Waals surface area contributed by atoms with E-state index in [1.54, 1.807) is 0 Å². The molecule has 0 saturated heterocycles. The van der Waals surface area contributed by atoms with Crippen LogP contribution in [0, 0.1) is 23.7 Å². The molecule has 0 aliphatic heterocycles. The standard InChI is InChI=1S/C78H152O17P2/c1-9-71(8)57-49-41-33-25-21-22-26-34-42-50-58-75(80)88-64-73(94-77(82)60-52-44-35-27-19-14-12-10-11-13-17-23-30-38-46-54-68(2)3)66-92-96(84,85)90-62-72(79)63-91-97(86,87)93-67-74(65-89-76(81)59-51-43-37-29-32-40-48-56-70(6)7)95-78(83)61-53-45-36-28-20-16-15-18-24-31-39-47-55-69(4)5/h68-74,79H,9-67H2,1-8H3,(H,84,85)(H,86,87)/t71?,72?,73-,74-/m1/s1. The molecule has 576 valence electrons. The Balaban J connectivity index is 5.25. The van der Waals surface area contributed by atoms with E-state index in [9.17, 15) is 43.2 Å². The predicted octanol–water partition coefficient (Wildman–Crippen LogP) is 22.8. The first-order valence-corrected chi connectivity index (χ1v) is 43.2. The summed E-state index contributed by atoms with van der Waals surface area (Å²) in [5.41, 5.74) is 0. The van der Waals surface area contributed by atoms with Crippen LogP contribution >= 0.6 is 15.6 Å². The third-order valence-corrected chi connectivity index (χ3v) is 20.3. The van der Waals surface area contributed by atoms with Gasteiger partial charge in [0.15, 0.2) is 12.2 Å². The van der Waals surface area contributed by atoms with Gasteiger partial charge in [-0.15, -0.1) is 0 Å². The van der Waals surface area contributed by atoms with Crippen molar-refractivity contribution in [2.24, 2.45) is 23.7 Å². The number of unbranched alkanes of at least 4 members (excludes halogenated alkanes) is 40. The van der Waals surface area contributed by atoms with E-state index in [1.807, 2.05) is 0 Å². The van der Waals surface area contributed by atoms with E-state index in [1.165, 1.54) is 193 Å². The summed E-state index contributed by atoms with van der Waals surface area (Å²) in [4.78, 5) is 72.9. The summed E-state index contributed by atoms with van der Waals surface area (Å²) in [6, 6.07) is 0. The molecule has 0 amide bonds. The number of aliphatic hydroxyl groups is 1. The molecule has 0 aromatic carbocycles. The molecular formula is C78H152O17P2. The maximum Gasteiger partial charge on any atom is 0.472 e. The molecule has 0 aliphatic rings. The normalized spacial score (nSPS) is 14.4. The molecule has 0 aromatic heterocycles. The molecule has 0 heterocycles. The molecule has 0 fully saturated rings. The molecule has 19 heteroatoms. The van der Waals surface area contributed by atoms with Gasteiger partial charge >= 0.3 is 39.5 Å². The molecule has 6 atom stereocenters. The van der Waals surface area contributed by atoms with Gasteiger partial charge in [-0.1, -0.05) is 344 Å². The van der Waals surface area contributed by atoms with Crippen LogP contribution in [0.1, 0.15) is 396 Å². The highest BCUT2D eigenvalue weighted by Gasteiger charge is 2.30. The lowest BCUT2D eigenvalue weighted by Gasteiger charge is -2.21. The van der Waals surface area contributed by atoms with Crippen molar-refractivity contribution in [1.29, 1.82) is 0 Å². The zero-order valence-electron chi connectivity index (χ0n) is 63.7. The molecule has 0 spiro atoms. The van der Waals surface area contributed by atoms with Crippen LogP contribution in [-0.4, -0.2) is 96.7 Å². The lowest BCUT2D eigenvalue weighted by Crippen LogP contribution is -2.30. The minimum atomic E-state index is -4.96. The zero-order chi connectivity index (χ0) is 71.7. The number of aliphatic hydroxyl groups excluding tert-OH is 1. The Hall–Kier alpha value is -1.94. The topological polar surface area (TPSA) is 237 Å². The fourth-order valence-corrected chi connectivity index (χ4v) is 13.5. The van der Waals surface area contributed by atoms with Crippen LogP contribution in [0.5, 0.6) is 0 Å². The lowest BCUT2D eigenvalue weighted by molar-refractivity contribution is -0.161. The van der Waals surface area contributed by atoms with Crippen molar-refractivity contribution in [1.82, 2.24) is 0 Å². The molecule has 0 radical (unpaired) electrons. The smallest absolute Gasteiger partial charge is 0.462 e. The maximum absolute atomic E-state index is 13.1. The van der Waals surface area contributed by atoms with Gasteiger partial charge in [-0.2, -0.15) is 0 Å². The van der Waals surface area contributed by atoms with Crippen molar-refractivity contribution >= 4 is 39.5 Å². The highest BCUT2D eigenvalue weighted by molar-refractivity contribution is 7.47. The fraction of sp³-hybridized carbons (Fsp3) is 0.949. The Kier molecular flexibility index (Phi) is 65.9. The third-order valence-electron chi connectivity index (χ3n) is 18.4. The molecule has 4 unspecified atom stereocenters. The number of hydrogen-bond acceptors (Lipinski definition) is 15. The van der Waals surface area contributed by atoms with Crippen LogP contribution in [0.4, 0.5) is 0 Å². The molecule has 0 rings (SSSR count). The van der Waals surface area contributed by atoms with E-state index in [0.29, 0.717) is 31.6 Å². The Morgan fingerprint density at radius 1 is 0.289 bits per heavy atom. The largest absolute Gasteiger partial charge is 0.472 e. The molecule has 3 N–H and O–H groups in total. The van der Waals surface area contributed by atoms with E-state index < -0.39 is 97.5 Å². The molecule has 0 bridgehead atoms. The first-order valence-electron chi connectivity index (χ1n) is 40.2. The molecule has 0 aromatic rings. The van der Waals surface area contributed by atoms with E-state index in [-0.39, 0.29) is 25.7 Å². The van der Waals surface area contributed by atoms with Gasteiger partial charge in [0, 0.05) is 25.7 Å². The van der Waals surface area contributed by atoms with Crippen LogP contribution in [0.3, 0.4) is 0 Å². The van der Waals surface area contributed by atoms with Crippen molar-refractivity contribution in [2.75, 3.05) is 39.6 Å². The number of phosphoric ester groups is 2. The van der Waals surface area contributed by atoms with Gasteiger partial charge in [0.25, 0.3) is 0 Å². The highest BCUT2D eigenvalue weighted by atomic mass is 31.2. The van der Waals surface area contributed by atoms with Crippen molar-refractivity contribution in [3.8, 4) is 0 Å². The first-order chi connectivity index (χ1) is 46.6. The van der Waals surface area contributed by atoms with Gasteiger partial charge in [-0.25, -0.2) is 9.13 Å². The van der Waals surface area contributed by atoms with Gasteiger partial charge < -0.3 is 33.8 Å². The molecule has 0 saturated carbocycles. The Bertz CT molecular complexity index is 1900. The van der Waals surface area contributed by atoms with Gasteiger partial charge in [0.1, 0.15) is 19.3 Å². The minimum Gasteiger partial charge on any atom is -0.462 e. The van der Waals surface area contributed by atoms with E-state index in [0.717, 1.165) is 114 Å². The maximum atomic E-state index is 13.1. The molecule has 0 aliphatic carbocycles. The summed E-state index contributed by atoms with van der Waals surface area (Å²) >= 11 is 0. The average molecular weight is 1420 g/mol. The van der Waals surface area contributed by atoms with Crippen LogP contribution in [0.15, 0.2) is 0 Å². The van der Waals surface area contributed by atoms with Crippen LogP contribution in [0.2, 0.25) is 0 Å². The second-order valence-electron chi connectivity index (χ2n) is 29.8. The summed E-state index contributed by atoms with van der Waals surface area (Å²) in [6.07, 6.45) is 52.7. The highest BCUT2D eigenvalue weighted by Crippen LogP contribution is 2.45. The summed E-state index contributed by atoms with van der Waals surface area (Å²) in [6.45, 7) is 14.2. The van der Waals surface area contributed by atoms with Gasteiger partial charge in [-0.3, -0.25) is 37.3 Å². The number of carbonyl (C=O) groups is 4. The number of ether oxygens (including phenoxy) is 4. The Morgan fingerprint density at radius 2 is 0.495 bits per heavy atom. The summed E-state index contributed by atoms with van der Waals surface area (Å²) in [5.74, 6) is 0.976. The fourth-order valence-electron chi connectivity index (χ4n) is 11.9. The SMILES string of the molecule is CCC(C)CCCCCCCCCCCCC(=O)OC[C@H](COP(=O)(O)OCC(O)COP(=O)(O)OC[C@@H](COC(=O)CCCCCCCCCC(C)C)OC(=O)CCCCCCCCCCCCCCC(C)C)OC(=O)CCCCCCCCCCCCCCCCCC(C)C. The predicted molar refractivity (Wildman–Crippen MR) is 395 cm³/mol. The third kappa shape index (κ3) is 70.9. The van der Waals surface area contributed by atoms with Gasteiger partial charge in [0.2, 0.25) is 0 Å². The second kappa shape index (κ2) is 67.2. The van der Waals surface area contributed by atoms with Gasteiger partial charge in [-0.05, 0) is 49.4 Å². The molecular weight excluding hydrogens is 1270 g/mol. The number of esters is 4. The number of carbonyl (C=O) groups excluding carboxylic acids is 4. The molecule has 17 nitrogen and oxygen atoms in total. The number of rotatable bonds is 75. The quantitative estimate of drug-likeness (QED) is 0.0222. The lowest BCUT2D eigenvalue weighted by atomic mass is 9.99. The van der Waals surface area contributed by atoms with Crippen molar-refractivity contribution in [3.63, 3.8) is 0 Å². The minimum absolute atomic E-state index is 0.106. The van der Waals surface area contributed by atoms with Gasteiger partial charge in [0.05, 0.1) is 26.4 Å². The van der Waals surface area contributed by atoms with E-state index in [4.69, 9.17) is 37.0 Å². The van der Waals surface area contributed by atoms with Crippen molar-refractivity contribution < 1.29 is 80.2 Å². The zero-order valence-corrected chi connectivity index (χ0v) is 65.5. The van der Waals surface area contributed by atoms with E-state index in [2.05, 4.69) is 55.4 Å². The monoisotopic (exact) mass is 1420 g/mol. The summed E-state index contributed by atoms with van der Waals surface area (Å²) in [5, 5.41) is 10.6. The van der Waals surface area contributed by atoms with Crippen LogP contribution < -0.4 is 0 Å². The molecule has 97 heavy (non-hydrogen) atoms. The Labute approximate surface area is 594 Å². The second-order valence-corrected chi connectivity index (χ2v) is 32.7. The average Bonchev–Trinajstić information content (AvgIpc) is 1.13. The first kappa shape index (κ1) is 95.1. The van der Waals surface area contributed by atoms with Crippen molar-refractivity contribution in [3.05, 3.63) is 0 Å². The van der Waals surface area contributed by atoms with Crippen LogP contribution in [0.25, 0.3) is 0 Å². The van der Waals surface area contributed by atoms with Crippen LogP contribution in [-0.2, 0) is 65.4 Å². The number of hydrogen-bond donors (Lipinski definition) is 3. The summed E-state index contributed by atoms with van der Waals surface area (Å²) in [7, 11) is -9.92. The Morgan fingerprint density at radius 3 is 0.732 bits per heavy atom. The van der Waals surface area contributed by atoms with E-state index >= 15 is 0 Å². The number of phosphoric acid groups is 2. The summed E-state index contributed by atoms with van der Waals surface area (Å²) < 4.78 is 68.6. The van der Waals surface area contributed by atoms with Crippen molar-refractivity contribution in [2.45, 2.75) is 414 Å².